The summed E-state index contributed by atoms with van der Waals surface area (Å²) in [7, 11) is 1.91. The van der Waals surface area contributed by atoms with Crippen molar-refractivity contribution in [1.29, 1.82) is 0 Å². The lowest BCUT2D eigenvalue weighted by atomic mass is 9.91. The number of carbonyl (C=O) groups is 1. The zero-order chi connectivity index (χ0) is 28.4. The Morgan fingerprint density at radius 2 is 1.90 bits per heavy atom. The van der Waals surface area contributed by atoms with Gasteiger partial charge in [-0.2, -0.15) is 10.1 Å². The number of imidazole rings is 1. The van der Waals surface area contributed by atoms with Crippen molar-refractivity contribution in [2.75, 3.05) is 36.9 Å². The molecule has 4 aromatic rings. The summed E-state index contributed by atoms with van der Waals surface area (Å²) in [5, 5.41) is 11.0. The second-order valence-electron chi connectivity index (χ2n) is 11.2. The average Bonchev–Trinajstić information content (AvgIpc) is 3.46. The number of anilines is 3. The van der Waals surface area contributed by atoms with Crippen LogP contribution in [0.15, 0.2) is 36.7 Å². The van der Waals surface area contributed by atoms with E-state index in [1.54, 1.807) is 24.5 Å². The Morgan fingerprint density at radius 1 is 1.12 bits per heavy atom. The second kappa shape index (κ2) is 11.2. The average molecular weight is 550 g/mol. The van der Waals surface area contributed by atoms with E-state index in [-0.39, 0.29) is 24.0 Å². The number of fused-ring (bicyclic) bond motifs is 1. The molecule has 1 saturated heterocycles. The predicted molar refractivity (Wildman–Crippen MR) is 152 cm³/mol. The number of ether oxygens (including phenoxy) is 1. The fourth-order valence-corrected chi connectivity index (χ4v) is 4.99. The van der Waals surface area contributed by atoms with Crippen LogP contribution in [0, 0.1) is 0 Å². The smallest absolute Gasteiger partial charge is 0.222 e. The summed E-state index contributed by atoms with van der Waals surface area (Å²) in [4.78, 5) is 26.8. The number of nitrogens with one attached hydrogen (secondary N) is 2. The zero-order valence-electron chi connectivity index (χ0n) is 23.6. The molecule has 0 atom stereocenters. The van der Waals surface area contributed by atoms with Gasteiger partial charge in [-0.3, -0.25) is 9.48 Å². The summed E-state index contributed by atoms with van der Waals surface area (Å²) in [6, 6.07) is 7.58. The van der Waals surface area contributed by atoms with Gasteiger partial charge in [0.05, 0.1) is 17.8 Å². The summed E-state index contributed by atoms with van der Waals surface area (Å²) >= 11 is 0. The molecule has 0 aromatic carbocycles. The highest BCUT2D eigenvalue weighted by Crippen LogP contribution is 2.33. The fraction of sp³-hybridized carbons (Fsp3) is 0.464. The Bertz CT molecular complexity index is 1500. The molecule has 1 aliphatic rings. The molecule has 4 aromatic heterocycles. The number of nitrogens with zero attached hydrogens (tertiary/aromatic N) is 7. The minimum atomic E-state index is -0.308. The number of hydrogen-bond acceptors (Lipinski definition) is 8. The van der Waals surface area contributed by atoms with Crippen LogP contribution in [0.2, 0.25) is 0 Å². The van der Waals surface area contributed by atoms with Gasteiger partial charge in [0.15, 0.2) is 11.5 Å². The third-order valence-corrected chi connectivity index (χ3v) is 7.03. The molecule has 5 rings (SSSR count). The second-order valence-corrected chi connectivity index (χ2v) is 11.2. The summed E-state index contributed by atoms with van der Waals surface area (Å²) in [5.41, 5.74) is 2.40. The van der Waals surface area contributed by atoms with Gasteiger partial charge in [0, 0.05) is 69.1 Å². The summed E-state index contributed by atoms with van der Waals surface area (Å²) in [6.45, 7) is 9.91. The van der Waals surface area contributed by atoms with Crippen LogP contribution in [0.3, 0.4) is 0 Å². The molecule has 40 heavy (non-hydrogen) atoms. The van der Waals surface area contributed by atoms with Gasteiger partial charge in [-0.25, -0.2) is 14.4 Å². The van der Waals surface area contributed by atoms with Crippen LogP contribution in [-0.4, -0.2) is 66.4 Å². The number of likely N-dealkylation sites (tertiary alicyclic amines) is 1. The van der Waals surface area contributed by atoms with Crippen LogP contribution in [-0.2, 0) is 17.3 Å². The van der Waals surface area contributed by atoms with E-state index in [0.29, 0.717) is 41.3 Å². The molecule has 11 nitrogen and oxygen atoms in total. The van der Waals surface area contributed by atoms with E-state index in [4.69, 9.17) is 9.84 Å². The maximum absolute atomic E-state index is 12.8. The normalized spacial score (nSPS) is 14.9. The fourth-order valence-electron chi connectivity index (χ4n) is 4.99. The van der Waals surface area contributed by atoms with Crippen LogP contribution in [0.4, 0.5) is 22.0 Å². The Hall–Kier alpha value is -4.06. The Balaban J connectivity index is 1.36. The van der Waals surface area contributed by atoms with Crippen LogP contribution in [0.5, 0.6) is 11.5 Å². The first-order valence-corrected chi connectivity index (χ1v) is 13.5. The van der Waals surface area contributed by atoms with Gasteiger partial charge in [-0.1, -0.05) is 20.8 Å². The van der Waals surface area contributed by atoms with Crippen molar-refractivity contribution in [3.63, 3.8) is 0 Å². The molecule has 0 bridgehead atoms. The third kappa shape index (κ3) is 6.06. The first-order chi connectivity index (χ1) is 19.1. The van der Waals surface area contributed by atoms with Crippen molar-refractivity contribution < 1.29 is 13.9 Å². The topological polar surface area (TPSA) is 115 Å². The quantitative estimate of drug-likeness (QED) is 0.317. The van der Waals surface area contributed by atoms with Gasteiger partial charge in [0.1, 0.15) is 24.0 Å². The number of amides is 1. The molecular formula is C28H36FN9O2. The van der Waals surface area contributed by atoms with Crippen molar-refractivity contribution >= 4 is 34.7 Å². The standard InChI is InChI=1S/C28H36FN9O2/c1-18(39)32-24-15-20(6-10-30-24)40-21-14-22-26(31-17-21)34-27(36(22)5)33-25-16-23(28(2,3)4)38(35-25)19-7-11-37(12-8-19)13-9-29/h6,10,14-17,19H,7-9,11-13H2,1-5H3,(H,30,32,39)(H,31,33,34,35). The number of carbonyl (C=O) groups excluding carboxylic acids is 1. The van der Waals surface area contributed by atoms with Crippen LogP contribution in [0.1, 0.15) is 52.3 Å². The highest BCUT2D eigenvalue weighted by Gasteiger charge is 2.28. The van der Waals surface area contributed by atoms with E-state index in [1.165, 1.54) is 6.92 Å². The molecule has 0 radical (unpaired) electrons. The van der Waals surface area contributed by atoms with E-state index >= 15 is 0 Å². The zero-order valence-corrected chi connectivity index (χ0v) is 23.6. The molecule has 12 heteroatoms. The first-order valence-electron chi connectivity index (χ1n) is 13.5. The number of piperidine rings is 1. The maximum Gasteiger partial charge on any atom is 0.222 e. The predicted octanol–water partition coefficient (Wildman–Crippen LogP) is 4.96. The summed E-state index contributed by atoms with van der Waals surface area (Å²) in [6.07, 6.45) is 5.05. The van der Waals surface area contributed by atoms with Gasteiger partial charge in [-0.15, -0.1) is 0 Å². The van der Waals surface area contributed by atoms with E-state index in [1.807, 2.05) is 17.7 Å². The molecule has 1 fully saturated rings. The minimum Gasteiger partial charge on any atom is -0.455 e. The summed E-state index contributed by atoms with van der Waals surface area (Å²) < 4.78 is 22.8. The number of aromatic nitrogens is 6. The van der Waals surface area contributed by atoms with Gasteiger partial charge in [0.25, 0.3) is 0 Å². The highest BCUT2D eigenvalue weighted by molar-refractivity contribution is 5.87. The molecule has 0 saturated carbocycles. The Labute approximate surface area is 232 Å². The first kappa shape index (κ1) is 27.5. The van der Waals surface area contributed by atoms with Gasteiger partial charge in [0.2, 0.25) is 11.9 Å². The Morgan fingerprint density at radius 3 is 2.60 bits per heavy atom. The van der Waals surface area contributed by atoms with Gasteiger partial charge < -0.3 is 24.8 Å². The van der Waals surface area contributed by atoms with E-state index in [9.17, 15) is 9.18 Å². The summed E-state index contributed by atoms with van der Waals surface area (Å²) in [5.74, 6) is 2.58. The number of pyridine rings is 2. The number of rotatable bonds is 8. The van der Waals surface area contributed by atoms with Gasteiger partial charge in [-0.05, 0) is 18.9 Å². The SMILES string of the molecule is CC(=O)Nc1cc(Oc2cnc3nc(Nc4cc(C(C)(C)C)n(C5CCN(CCF)CC5)n4)n(C)c3c2)ccn1. The monoisotopic (exact) mass is 549 g/mol. The molecule has 1 aliphatic heterocycles. The molecular weight excluding hydrogens is 513 g/mol. The lowest BCUT2D eigenvalue weighted by Gasteiger charge is -2.33. The number of halogens is 1. The van der Waals surface area contributed by atoms with Crippen molar-refractivity contribution in [2.24, 2.45) is 7.05 Å². The van der Waals surface area contributed by atoms with Crippen molar-refractivity contribution in [3.05, 3.63) is 42.4 Å². The number of aryl methyl sites for hydroxylation is 1. The lowest BCUT2D eigenvalue weighted by Crippen LogP contribution is -2.37. The highest BCUT2D eigenvalue weighted by atomic mass is 19.1. The van der Waals surface area contributed by atoms with Crippen molar-refractivity contribution in [1.82, 2.24) is 34.2 Å². The van der Waals surface area contributed by atoms with Crippen LogP contribution in [0.25, 0.3) is 11.2 Å². The van der Waals surface area contributed by atoms with Crippen molar-refractivity contribution in [3.8, 4) is 11.5 Å². The Kier molecular flexibility index (Phi) is 7.70. The lowest BCUT2D eigenvalue weighted by molar-refractivity contribution is -0.114. The largest absolute Gasteiger partial charge is 0.455 e. The molecule has 0 aliphatic carbocycles. The van der Waals surface area contributed by atoms with Crippen LogP contribution >= 0.6 is 0 Å². The van der Waals surface area contributed by atoms with E-state index in [2.05, 4.69) is 62.0 Å². The molecule has 1 amide bonds. The minimum absolute atomic E-state index is 0.101. The molecule has 212 valence electrons. The maximum atomic E-state index is 12.8. The molecule has 5 heterocycles. The third-order valence-electron chi connectivity index (χ3n) is 7.03. The number of alkyl halides is 1. The van der Waals surface area contributed by atoms with Crippen molar-refractivity contribution in [2.45, 2.75) is 52.0 Å². The molecule has 0 unspecified atom stereocenters. The number of hydrogen-bond donors (Lipinski definition) is 2. The van der Waals surface area contributed by atoms with E-state index in [0.717, 1.165) is 37.1 Å². The molecule has 2 N–H and O–H groups in total. The van der Waals surface area contributed by atoms with E-state index < -0.39 is 0 Å². The van der Waals surface area contributed by atoms with Crippen LogP contribution < -0.4 is 15.4 Å². The van der Waals surface area contributed by atoms with Gasteiger partial charge >= 0.3 is 0 Å². The molecule has 0 spiro atoms.